The Labute approximate surface area is 181 Å². The van der Waals surface area contributed by atoms with E-state index >= 15 is 0 Å². The Hall–Kier alpha value is -2.72. The van der Waals surface area contributed by atoms with Crippen LogP contribution in [0.2, 0.25) is 0 Å². The summed E-state index contributed by atoms with van der Waals surface area (Å²) in [5, 5.41) is 33.2. The van der Waals surface area contributed by atoms with Crippen molar-refractivity contribution in [2.75, 3.05) is 24.6 Å². The van der Waals surface area contributed by atoms with Gasteiger partial charge in [0.15, 0.2) is 0 Å². The highest BCUT2D eigenvalue weighted by atomic mass is 33.1. The van der Waals surface area contributed by atoms with Crippen LogP contribution in [0.3, 0.4) is 0 Å². The third-order valence-electron chi connectivity index (χ3n) is 3.90. The lowest BCUT2D eigenvalue weighted by atomic mass is 10.2. The number of hydrogen-bond acceptors (Lipinski definition) is 8. The molecule has 2 rings (SSSR count). The van der Waals surface area contributed by atoms with Crippen molar-refractivity contribution in [2.24, 2.45) is 10.2 Å². The Bertz CT molecular complexity index is 855. The molecule has 158 valence electrons. The summed E-state index contributed by atoms with van der Waals surface area (Å²) < 4.78 is 0. The third kappa shape index (κ3) is 8.34. The van der Waals surface area contributed by atoms with Gasteiger partial charge in [-0.2, -0.15) is 0 Å². The first kappa shape index (κ1) is 23.6. The molecule has 0 saturated carbocycles. The average Bonchev–Trinajstić information content (AvgIpc) is 2.72. The molecule has 0 unspecified atom stereocenters. The average molecular weight is 447 g/mol. The SMILES string of the molecule is [N-]=[N+]=Nc1ccc(CNCCSSCCNCc2ccc(N=[N+]=[N-])cc2O)c(O)c1. The first-order chi connectivity index (χ1) is 14.6. The van der Waals surface area contributed by atoms with E-state index in [4.69, 9.17) is 11.1 Å². The van der Waals surface area contributed by atoms with E-state index in [0.29, 0.717) is 24.5 Å². The van der Waals surface area contributed by atoms with Gasteiger partial charge in [-0.05, 0) is 23.2 Å². The molecule has 0 fully saturated rings. The van der Waals surface area contributed by atoms with Gasteiger partial charge in [0.05, 0.1) is 0 Å². The number of phenols is 2. The summed E-state index contributed by atoms with van der Waals surface area (Å²) in [6.45, 7) is 2.68. The van der Waals surface area contributed by atoms with E-state index in [1.54, 1.807) is 45.9 Å². The molecule has 0 atom stereocenters. The van der Waals surface area contributed by atoms with Gasteiger partial charge in [0.25, 0.3) is 0 Å². The molecule has 2 aromatic rings. The minimum absolute atomic E-state index is 0.110. The smallest absolute Gasteiger partial charge is 0.120 e. The Morgan fingerprint density at radius 1 is 0.767 bits per heavy atom. The van der Waals surface area contributed by atoms with E-state index in [0.717, 1.165) is 35.7 Å². The fourth-order valence-electron chi connectivity index (χ4n) is 2.42. The Morgan fingerprint density at radius 3 is 1.57 bits per heavy atom. The second-order valence-electron chi connectivity index (χ2n) is 6.00. The number of azide groups is 2. The predicted octanol–water partition coefficient (Wildman–Crippen LogP) is 5.24. The molecule has 0 amide bonds. The highest BCUT2D eigenvalue weighted by Crippen LogP contribution is 2.25. The van der Waals surface area contributed by atoms with Crippen LogP contribution in [-0.2, 0) is 13.1 Å². The predicted molar refractivity (Wildman–Crippen MR) is 122 cm³/mol. The molecule has 0 aliphatic heterocycles. The summed E-state index contributed by atoms with van der Waals surface area (Å²) in [5.41, 5.74) is 19.1. The lowest BCUT2D eigenvalue weighted by Gasteiger charge is -2.08. The normalized spacial score (nSPS) is 10.3. The molecule has 0 saturated heterocycles. The van der Waals surface area contributed by atoms with E-state index in [2.05, 4.69) is 30.7 Å². The zero-order valence-corrected chi connectivity index (χ0v) is 17.7. The van der Waals surface area contributed by atoms with Crippen molar-refractivity contribution < 1.29 is 10.2 Å². The van der Waals surface area contributed by atoms with Crippen LogP contribution in [0.5, 0.6) is 11.5 Å². The van der Waals surface area contributed by atoms with Crippen LogP contribution in [0, 0.1) is 0 Å². The van der Waals surface area contributed by atoms with Crippen molar-refractivity contribution in [1.29, 1.82) is 0 Å². The molecule has 0 aliphatic rings. The minimum Gasteiger partial charge on any atom is -0.508 e. The molecule has 2 aromatic carbocycles. The first-order valence-electron chi connectivity index (χ1n) is 9.04. The zero-order chi connectivity index (χ0) is 21.6. The lowest BCUT2D eigenvalue weighted by Crippen LogP contribution is -2.17. The molecule has 0 radical (unpaired) electrons. The van der Waals surface area contributed by atoms with Gasteiger partial charge < -0.3 is 20.8 Å². The molecule has 12 heteroatoms. The number of aromatic hydroxyl groups is 2. The molecular formula is C18H22N8O2S2. The van der Waals surface area contributed by atoms with Crippen LogP contribution in [-0.4, -0.2) is 34.8 Å². The van der Waals surface area contributed by atoms with Crippen molar-refractivity contribution in [2.45, 2.75) is 13.1 Å². The quantitative estimate of drug-likeness (QED) is 0.108. The highest BCUT2D eigenvalue weighted by Gasteiger charge is 2.03. The minimum atomic E-state index is 0.110. The van der Waals surface area contributed by atoms with Gasteiger partial charge in [-0.15, -0.1) is 0 Å². The molecule has 0 heterocycles. The molecule has 10 nitrogen and oxygen atoms in total. The van der Waals surface area contributed by atoms with E-state index in [1.165, 1.54) is 12.1 Å². The van der Waals surface area contributed by atoms with Crippen LogP contribution in [0.1, 0.15) is 11.1 Å². The largest absolute Gasteiger partial charge is 0.508 e. The van der Waals surface area contributed by atoms with Gasteiger partial charge in [0, 0.05) is 70.0 Å². The van der Waals surface area contributed by atoms with E-state index < -0.39 is 0 Å². The number of nitrogens with one attached hydrogen (secondary N) is 2. The monoisotopic (exact) mass is 446 g/mol. The number of benzene rings is 2. The van der Waals surface area contributed by atoms with Crippen molar-refractivity contribution in [3.05, 3.63) is 68.4 Å². The fourth-order valence-corrected chi connectivity index (χ4v) is 4.32. The topological polar surface area (TPSA) is 162 Å². The highest BCUT2D eigenvalue weighted by molar-refractivity contribution is 8.76. The second kappa shape index (κ2) is 13.5. The van der Waals surface area contributed by atoms with Gasteiger partial charge in [-0.25, -0.2) is 0 Å². The van der Waals surface area contributed by atoms with Crippen LogP contribution < -0.4 is 10.6 Å². The van der Waals surface area contributed by atoms with E-state index in [1.807, 2.05) is 0 Å². The Balaban J connectivity index is 1.52. The van der Waals surface area contributed by atoms with Crippen LogP contribution >= 0.6 is 21.6 Å². The maximum atomic E-state index is 9.90. The summed E-state index contributed by atoms with van der Waals surface area (Å²) in [7, 11) is 3.52. The molecular weight excluding hydrogens is 424 g/mol. The van der Waals surface area contributed by atoms with Crippen molar-refractivity contribution >= 4 is 33.0 Å². The van der Waals surface area contributed by atoms with Gasteiger partial charge in [-0.3, -0.25) is 0 Å². The summed E-state index contributed by atoms with van der Waals surface area (Å²) in [6.07, 6.45) is 0. The van der Waals surface area contributed by atoms with Crippen molar-refractivity contribution in [3.63, 3.8) is 0 Å². The number of hydrogen-bond donors (Lipinski definition) is 4. The Kier molecular flexibility index (Phi) is 10.6. The molecule has 0 aliphatic carbocycles. The molecule has 4 N–H and O–H groups in total. The van der Waals surface area contributed by atoms with Crippen LogP contribution in [0.4, 0.5) is 11.4 Å². The summed E-state index contributed by atoms with van der Waals surface area (Å²) >= 11 is 0. The third-order valence-corrected chi connectivity index (χ3v) is 6.30. The summed E-state index contributed by atoms with van der Waals surface area (Å²) in [4.78, 5) is 5.38. The Morgan fingerprint density at radius 2 is 1.20 bits per heavy atom. The van der Waals surface area contributed by atoms with Gasteiger partial charge in [-0.1, -0.05) is 56.1 Å². The maximum absolute atomic E-state index is 9.90. The fraction of sp³-hybridized carbons (Fsp3) is 0.333. The molecule has 0 spiro atoms. The van der Waals surface area contributed by atoms with Gasteiger partial charge in [0.2, 0.25) is 0 Å². The zero-order valence-electron chi connectivity index (χ0n) is 16.1. The van der Waals surface area contributed by atoms with Gasteiger partial charge >= 0.3 is 0 Å². The van der Waals surface area contributed by atoms with Crippen molar-refractivity contribution in [3.8, 4) is 11.5 Å². The van der Waals surface area contributed by atoms with E-state index in [-0.39, 0.29) is 11.5 Å². The number of phenolic OH excluding ortho intramolecular Hbond substituents is 2. The molecule has 0 aromatic heterocycles. The van der Waals surface area contributed by atoms with Crippen LogP contribution in [0.25, 0.3) is 20.9 Å². The number of nitrogens with zero attached hydrogens (tertiary/aromatic N) is 6. The van der Waals surface area contributed by atoms with Crippen LogP contribution in [0.15, 0.2) is 46.6 Å². The van der Waals surface area contributed by atoms with Gasteiger partial charge in [0.1, 0.15) is 11.5 Å². The van der Waals surface area contributed by atoms with E-state index in [9.17, 15) is 10.2 Å². The molecule has 30 heavy (non-hydrogen) atoms. The standard InChI is InChI=1S/C18H22N8O2S2/c19-25-23-15-3-1-13(17(27)9-15)11-21-5-7-29-30-8-6-22-12-14-2-4-16(24-26-20)10-18(14)28/h1-4,9-10,21-22,27-28H,5-8,11-12H2. The molecule has 0 bridgehead atoms. The van der Waals surface area contributed by atoms with Crippen molar-refractivity contribution in [1.82, 2.24) is 10.6 Å². The second-order valence-corrected chi connectivity index (χ2v) is 8.70. The maximum Gasteiger partial charge on any atom is 0.120 e. The summed E-state index contributed by atoms with van der Waals surface area (Å²) in [5.74, 6) is 2.06. The lowest BCUT2D eigenvalue weighted by molar-refractivity contribution is 0.465. The number of rotatable bonds is 13. The first-order valence-corrected chi connectivity index (χ1v) is 11.5. The summed E-state index contributed by atoms with van der Waals surface area (Å²) in [6, 6.07) is 9.71.